The second kappa shape index (κ2) is 5.00. The van der Waals surface area contributed by atoms with E-state index in [9.17, 15) is 9.59 Å². The summed E-state index contributed by atoms with van der Waals surface area (Å²) in [6.07, 6.45) is 1.50. The molecule has 0 spiro atoms. The minimum atomic E-state index is -0.826. The van der Waals surface area contributed by atoms with E-state index in [-0.39, 0.29) is 6.03 Å². The van der Waals surface area contributed by atoms with Crippen LogP contribution in [0.2, 0.25) is 0 Å². The van der Waals surface area contributed by atoms with Gasteiger partial charge in [-0.05, 0) is 18.8 Å². The van der Waals surface area contributed by atoms with E-state index in [1.54, 1.807) is 6.92 Å². The third-order valence-electron chi connectivity index (χ3n) is 2.71. The number of aliphatic carboxylic acids is 1. The van der Waals surface area contributed by atoms with E-state index < -0.39 is 11.9 Å². The van der Waals surface area contributed by atoms with Crippen LogP contribution in [0.4, 0.5) is 4.79 Å². The van der Waals surface area contributed by atoms with Crippen molar-refractivity contribution in [3.63, 3.8) is 0 Å². The summed E-state index contributed by atoms with van der Waals surface area (Å²) in [5.41, 5.74) is 0. The molecule has 0 bridgehead atoms. The molecule has 0 radical (unpaired) electrons. The van der Waals surface area contributed by atoms with Gasteiger partial charge in [-0.2, -0.15) is 0 Å². The number of carbonyl (C=O) groups excluding carboxylic acids is 1. The summed E-state index contributed by atoms with van der Waals surface area (Å²) in [6, 6.07) is 0.115. The average Bonchev–Trinajstić information content (AvgIpc) is 2.81. The Kier molecular flexibility index (Phi) is 3.94. The minimum absolute atomic E-state index is 0.193. The lowest BCUT2D eigenvalue weighted by Crippen LogP contribution is -2.38. The Balaban J connectivity index is 2.04. The van der Waals surface area contributed by atoms with Crippen molar-refractivity contribution >= 4 is 12.0 Å². The molecule has 1 fully saturated rings. The Hall–Kier alpha value is -1.26. The second-order valence-corrected chi connectivity index (χ2v) is 4.25. The molecule has 15 heavy (non-hydrogen) atoms. The molecule has 1 rings (SSSR count). The van der Waals surface area contributed by atoms with E-state index >= 15 is 0 Å². The normalized spacial score (nSPS) is 25.5. The van der Waals surface area contributed by atoms with Crippen molar-refractivity contribution in [2.75, 3.05) is 6.54 Å². The molecular weight excluding hydrogens is 196 g/mol. The highest BCUT2D eigenvalue weighted by molar-refractivity contribution is 5.74. The van der Waals surface area contributed by atoms with E-state index in [2.05, 4.69) is 17.6 Å². The van der Waals surface area contributed by atoms with Gasteiger partial charge in [-0.15, -0.1) is 0 Å². The van der Waals surface area contributed by atoms with Crippen LogP contribution in [-0.4, -0.2) is 29.7 Å². The van der Waals surface area contributed by atoms with Gasteiger partial charge in [0.2, 0.25) is 0 Å². The van der Waals surface area contributed by atoms with Crippen LogP contribution in [-0.2, 0) is 4.79 Å². The van der Waals surface area contributed by atoms with E-state index in [1.807, 2.05) is 0 Å². The number of hydrogen-bond donors (Lipinski definition) is 3. The Morgan fingerprint density at radius 1 is 1.53 bits per heavy atom. The molecular formula is C10H18N2O3. The van der Waals surface area contributed by atoms with Gasteiger partial charge in [0.1, 0.15) is 0 Å². The first-order chi connectivity index (χ1) is 7.00. The quantitative estimate of drug-likeness (QED) is 0.633. The summed E-state index contributed by atoms with van der Waals surface area (Å²) in [6.45, 7) is 4.11. The topological polar surface area (TPSA) is 78.4 Å². The molecule has 0 heterocycles. The number of carboxylic acids is 1. The Morgan fingerprint density at radius 2 is 2.13 bits per heavy atom. The summed E-state index contributed by atoms with van der Waals surface area (Å²) >= 11 is 0. The van der Waals surface area contributed by atoms with Gasteiger partial charge in [-0.25, -0.2) is 4.79 Å². The van der Waals surface area contributed by atoms with Crippen molar-refractivity contribution in [1.82, 2.24) is 10.6 Å². The maximum absolute atomic E-state index is 11.2. The molecule has 3 unspecified atom stereocenters. The zero-order chi connectivity index (χ0) is 11.4. The minimum Gasteiger partial charge on any atom is -0.481 e. The largest absolute Gasteiger partial charge is 0.481 e. The van der Waals surface area contributed by atoms with Gasteiger partial charge in [-0.1, -0.05) is 13.8 Å². The van der Waals surface area contributed by atoms with Crippen LogP contribution in [0.1, 0.15) is 26.7 Å². The predicted octanol–water partition coefficient (Wildman–Crippen LogP) is 0.805. The van der Waals surface area contributed by atoms with Crippen LogP contribution in [0.15, 0.2) is 0 Å². The van der Waals surface area contributed by atoms with Crippen molar-refractivity contribution < 1.29 is 14.7 Å². The summed E-state index contributed by atoms with van der Waals surface area (Å²) in [5.74, 6) is -0.660. The van der Waals surface area contributed by atoms with Crippen molar-refractivity contribution in [2.24, 2.45) is 11.8 Å². The smallest absolute Gasteiger partial charge is 0.315 e. The maximum atomic E-state index is 11.2. The standard InChI is InChI=1S/C10H18N2O3/c1-6(9(13)14)3-4-11-10(15)12-8-5-7(8)2/h6-8H,3-5H2,1-2H3,(H,13,14)(H2,11,12,15). The monoisotopic (exact) mass is 214 g/mol. The predicted molar refractivity (Wildman–Crippen MR) is 55.5 cm³/mol. The number of carbonyl (C=O) groups is 2. The molecule has 5 heteroatoms. The lowest BCUT2D eigenvalue weighted by Gasteiger charge is -2.08. The number of carboxylic acid groups (broad SMARTS) is 1. The molecule has 86 valence electrons. The van der Waals surface area contributed by atoms with E-state index in [0.29, 0.717) is 24.9 Å². The van der Waals surface area contributed by atoms with E-state index in [1.165, 1.54) is 0 Å². The second-order valence-electron chi connectivity index (χ2n) is 4.25. The Labute approximate surface area is 89.2 Å². The Bertz CT molecular complexity index is 255. The molecule has 5 nitrogen and oxygen atoms in total. The first-order valence-electron chi connectivity index (χ1n) is 5.28. The highest BCUT2D eigenvalue weighted by Gasteiger charge is 2.33. The van der Waals surface area contributed by atoms with Crippen molar-refractivity contribution in [1.29, 1.82) is 0 Å². The molecule has 2 amide bonds. The zero-order valence-corrected chi connectivity index (χ0v) is 9.12. The van der Waals surface area contributed by atoms with Crippen molar-refractivity contribution in [2.45, 2.75) is 32.7 Å². The average molecular weight is 214 g/mol. The first kappa shape index (κ1) is 11.8. The van der Waals surface area contributed by atoms with Gasteiger partial charge in [0.05, 0.1) is 5.92 Å². The summed E-state index contributed by atoms with van der Waals surface area (Å²) in [4.78, 5) is 21.7. The zero-order valence-electron chi connectivity index (χ0n) is 9.12. The van der Waals surface area contributed by atoms with Gasteiger partial charge in [0.25, 0.3) is 0 Å². The molecule has 1 aliphatic rings. The summed E-state index contributed by atoms with van der Waals surface area (Å²) in [7, 11) is 0. The fraction of sp³-hybridized carbons (Fsp3) is 0.800. The van der Waals surface area contributed by atoms with Gasteiger partial charge < -0.3 is 15.7 Å². The number of nitrogens with one attached hydrogen (secondary N) is 2. The van der Waals surface area contributed by atoms with Crippen LogP contribution in [0.25, 0.3) is 0 Å². The van der Waals surface area contributed by atoms with Gasteiger partial charge in [-0.3, -0.25) is 4.79 Å². The SMILES string of the molecule is CC(CCNC(=O)NC1CC1C)C(=O)O. The third kappa shape index (κ3) is 4.18. The van der Waals surface area contributed by atoms with Crippen molar-refractivity contribution in [3.05, 3.63) is 0 Å². The Morgan fingerprint density at radius 3 is 2.60 bits per heavy atom. The van der Waals surface area contributed by atoms with E-state index in [0.717, 1.165) is 6.42 Å². The van der Waals surface area contributed by atoms with Crippen molar-refractivity contribution in [3.8, 4) is 0 Å². The van der Waals surface area contributed by atoms with Crippen LogP contribution >= 0.6 is 0 Å². The van der Waals surface area contributed by atoms with Gasteiger partial charge in [0.15, 0.2) is 0 Å². The molecule has 0 aliphatic heterocycles. The molecule has 1 saturated carbocycles. The lowest BCUT2D eigenvalue weighted by atomic mass is 10.1. The molecule has 0 aromatic heterocycles. The fourth-order valence-corrected chi connectivity index (χ4v) is 1.27. The number of urea groups is 1. The summed E-state index contributed by atoms with van der Waals surface area (Å²) in [5, 5.41) is 14.1. The first-order valence-corrected chi connectivity index (χ1v) is 5.28. The highest BCUT2D eigenvalue weighted by atomic mass is 16.4. The van der Waals surface area contributed by atoms with Crippen LogP contribution < -0.4 is 10.6 Å². The molecule has 0 saturated heterocycles. The van der Waals surface area contributed by atoms with Crippen LogP contribution in [0, 0.1) is 11.8 Å². The van der Waals surface area contributed by atoms with Gasteiger partial charge >= 0.3 is 12.0 Å². The highest BCUT2D eigenvalue weighted by Crippen LogP contribution is 2.28. The number of rotatable bonds is 5. The molecule has 1 aliphatic carbocycles. The maximum Gasteiger partial charge on any atom is 0.315 e. The van der Waals surface area contributed by atoms with Crippen LogP contribution in [0.3, 0.4) is 0 Å². The van der Waals surface area contributed by atoms with Gasteiger partial charge in [0, 0.05) is 12.6 Å². The lowest BCUT2D eigenvalue weighted by molar-refractivity contribution is -0.141. The molecule has 0 aromatic carbocycles. The number of hydrogen-bond acceptors (Lipinski definition) is 2. The van der Waals surface area contributed by atoms with E-state index in [4.69, 9.17) is 5.11 Å². The molecule has 0 aromatic rings. The third-order valence-corrected chi connectivity index (χ3v) is 2.71. The summed E-state index contributed by atoms with van der Waals surface area (Å²) < 4.78 is 0. The fourth-order valence-electron chi connectivity index (χ4n) is 1.27. The number of amides is 2. The molecule has 3 N–H and O–H groups in total. The van der Waals surface area contributed by atoms with Crippen LogP contribution in [0.5, 0.6) is 0 Å². The molecule has 3 atom stereocenters.